The van der Waals surface area contributed by atoms with Gasteiger partial charge in [0.25, 0.3) is 0 Å². The van der Waals surface area contributed by atoms with Gasteiger partial charge in [0, 0.05) is 16.5 Å². The first-order valence-corrected chi connectivity index (χ1v) is 18.8. The summed E-state index contributed by atoms with van der Waals surface area (Å²) < 4.78 is 2.42. The van der Waals surface area contributed by atoms with Gasteiger partial charge < -0.3 is 4.57 Å². The number of nitrogens with zero attached hydrogens (tertiary/aromatic N) is 1. The number of benzene rings is 10. The summed E-state index contributed by atoms with van der Waals surface area (Å²) >= 11 is 0. The van der Waals surface area contributed by atoms with E-state index in [-0.39, 0.29) is 0 Å². The van der Waals surface area contributed by atoms with Crippen molar-refractivity contribution in [3.05, 3.63) is 200 Å². The molecule has 0 amide bonds. The van der Waals surface area contributed by atoms with Gasteiger partial charge in [0.15, 0.2) is 0 Å². The fraction of sp³-hybridized carbons (Fsp3) is 0.0189. The summed E-state index contributed by atoms with van der Waals surface area (Å²) in [5.74, 6) is 0. The Morgan fingerprint density at radius 1 is 0.315 bits per heavy atom. The van der Waals surface area contributed by atoms with E-state index in [1.165, 1.54) is 104 Å². The second kappa shape index (κ2) is 12.0. The summed E-state index contributed by atoms with van der Waals surface area (Å²) in [6.45, 7) is 2.16. The van der Waals surface area contributed by atoms with E-state index in [9.17, 15) is 0 Å². The van der Waals surface area contributed by atoms with Crippen LogP contribution in [-0.2, 0) is 0 Å². The van der Waals surface area contributed by atoms with E-state index >= 15 is 0 Å². The van der Waals surface area contributed by atoms with Crippen molar-refractivity contribution in [1.82, 2.24) is 4.57 Å². The molecule has 0 fully saturated rings. The minimum atomic E-state index is 1.15. The van der Waals surface area contributed by atoms with Crippen molar-refractivity contribution in [2.45, 2.75) is 6.92 Å². The lowest BCUT2D eigenvalue weighted by atomic mass is 9.85. The fourth-order valence-corrected chi connectivity index (χ4v) is 8.94. The molecule has 0 radical (unpaired) electrons. The SMILES string of the molecule is Cc1ccc2cc(-c3c4ccccc4c(-c4ccc(-n5c6ccccc6c6cc(-c7cccc8ccccc78)ccc65)cc4)c4ccccc34)ccc2c1. The zero-order valence-corrected chi connectivity index (χ0v) is 29.9. The molecule has 10 aromatic carbocycles. The maximum absolute atomic E-state index is 2.42. The predicted octanol–water partition coefficient (Wildman–Crippen LogP) is 14.7. The van der Waals surface area contributed by atoms with E-state index in [4.69, 9.17) is 0 Å². The van der Waals surface area contributed by atoms with E-state index in [0.717, 1.165) is 5.69 Å². The normalized spacial score (nSPS) is 11.8. The summed E-state index contributed by atoms with van der Waals surface area (Å²) in [5, 5.41) is 12.7. The maximum Gasteiger partial charge on any atom is 0.0541 e. The Labute approximate surface area is 314 Å². The molecule has 54 heavy (non-hydrogen) atoms. The van der Waals surface area contributed by atoms with Crippen molar-refractivity contribution < 1.29 is 0 Å². The zero-order chi connectivity index (χ0) is 35.8. The van der Waals surface area contributed by atoms with Crippen LogP contribution in [0.2, 0.25) is 0 Å². The highest BCUT2D eigenvalue weighted by molar-refractivity contribution is 6.22. The Kier molecular flexibility index (Phi) is 6.84. The van der Waals surface area contributed by atoms with Crippen LogP contribution >= 0.6 is 0 Å². The average Bonchev–Trinajstić information content (AvgIpc) is 3.56. The van der Waals surface area contributed by atoms with Gasteiger partial charge in [-0.25, -0.2) is 0 Å². The van der Waals surface area contributed by atoms with Crippen LogP contribution in [0.3, 0.4) is 0 Å². The van der Waals surface area contributed by atoms with Crippen LogP contribution in [0.15, 0.2) is 194 Å². The lowest BCUT2D eigenvalue weighted by molar-refractivity contribution is 1.18. The minimum Gasteiger partial charge on any atom is -0.309 e. The van der Waals surface area contributed by atoms with E-state index in [0.29, 0.717) is 0 Å². The predicted molar refractivity (Wildman–Crippen MR) is 232 cm³/mol. The molecule has 1 heterocycles. The molecule has 252 valence electrons. The molecule has 0 aliphatic carbocycles. The van der Waals surface area contributed by atoms with E-state index in [2.05, 4.69) is 206 Å². The van der Waals surface area contributed by atoms with Crippen LogP contribution in [-0.4, -0.2) is 4.57 Å². The third-order valence-electron chi connectivity index (χ3n) is 11.4. The highest BCUT2D eigenvalue weighted by Gasteiger charge is 2.18. The van der Waals surface area contributed by atoms with Crippen molar-refractivity contribution in [2.24, 2.45) is 0 Å². The average molecular weight is 686 g/mol. The second-order valence-electron chi connectivity index (χ2n) is 14.6. The second-order valence-corrected chi connectivity index (χ2v) is 14.6. The number of rotatable bonds is 4. The molecule has 0 aliphatic rings. The van der Waals surface area contributed by atoms with Crippen LogP contribution in [0, 0.1) is 6.92 Å². The molecular formula is C53H35N. The van der Waals surface area contributed by atoms with Crippen LogP contribution in [0.25, 0.3) is 104 Å². The number of fused-ring (bicyclic) bond motifs is 7. The van der Waals surface area contributed by atoms with Crippen LogP contribution in [0.4, 0.5) is 0 Å². The molecule has 0 N–H and O–H groups in total. The minimum absolute atomic E-state index is 1.15. The standard InChI is InChI=1S/C53H35N/c1-34-21-22-38-32-40(24-23-37(38)31-34)53-47-17-6-4-15-45(47)52(46-16-5-7-18-48(46)53)36-25-28-41(29-26-36)54-50-20-9-8-14-44(50)49-33-39(27-30-51(49)54)43-19-10-12-35-11-2-3-13-42(35)43/h2-33H,1H3. The summed E-state index contributed by atoms with van der Waals surface area (Å²) in [5.41, 5.74) is 12.4. The summed E-state index contributed by atoms with van der Waals surface area (Å²) in [6.07, 6.45) is 0. The molecule has 0 spiro atoms. The largest absolute Gasteiger partial charge is 0.309 e. The van der Waals surface area contributed by atoms with Gasteiger partial charge in [0.1, 0.15) is 0 Å². The number of hydrogen-bond donors (Lipinski definition) is 0. The lowest BCUT2D eigenvalue weighted by Gasteiger charge is -2.18. The number of para-hydroxylation sites is 1. The fourth-order valence-electron chi connectivity index (χ4n) is 8.94. The number of aryl methyl sites for hydroxylation is 1. The van der Waals surface area contributed by atoms with Gasteiger partial charge in [-0.05, 0) is 120 Å². The lowest BCUT2D eigenvalue weighted by Crippen LogP contribution is -1.95. The molecule has 0 aliphatic heterocycles. The van der Waals surface area contributed by atoms with Gasteiger partial charge in [0.05, 0.1) is 11.0 Å². The molecule has 1 nitrogen and oxygen atoms in total. The summed E-state index contributed by atoms with van der Waals surface area (Å²) in [7, 11) is 0. The molecule has 0 atom stereocenters. The highest BCUT2D eigenvalue weighted by atomic mass is 15.0. The number of aromatic nitrogens is 1. The van der Waals surface area contributed by atoms with Gasteiger partial charge in [-0.15, -0.1) is 0 Å². The van der Waals surface area contributed by atoms with Crippen molar-refractivity contribution in [3.63, 3.8) is 0 Å². The Hall–Kier alpha value is -6.96. The molecule has 1 aromatic heterocycles. The van der Waals surface area contributed by atoms with Crippen LogP contribution < -0.4 is 0 Å². The first kappa shape index (κ1) is 30.6. The topological polar surface area (TPSA) is 4.93 Å². The number of hydrogen-bond acceptors (Lipinski definition) is 0. The van der Waals surface area contributed by atoms with Gasteiger partial charge in [-0.3, -0.25) is 0 Å². The first-order chi connectivity index (χ1) is 26.7. The quantitative estimate of drug-likeness (QED) is 0.163. The van der Waals surface area contributed by atoms with E-state index < -0.39 is 0 Å². The molecule has 11 aromatic rings. The molecule has 0 saturated heterocycles. The first-order valence-electron chi connectivity index (χ1n) is 18.8. The van der Waals surface area contributed by atoms with Gasteiger partial charge in [0.2, 0.25) is 0 Å². The van der Waals surface area contributed by atoms with Crippen LogP contribution in [0.1, 0.15) is 5.56 Å². The van der Waals surface area contributed by atoms with Crippen molar-refractivity contribution in [3.8, 4) is 39.1 Å². The molecule has 11 rings (SSSR count). The molecule has 0 bridgehead atoms. The molecule has 0 unspecified atom stereocenters. The smallest absolute Gasteiger partial charge is 0.0541 e. The van der Waals surface area contributed by atoms with Gasteiger partial charge in [-0.1, -0.05) is 163 Å². The summed E-state index contributed by atoms with van der Waals surface area (Å²) in [6, 6.07) is 71.7. The highest BCUT2D eigenvalue weighted by Crippen LogP contribution is 2.45. The van der Waals surface area contributed by atoms with Crippen LogP contribution in [0.5, 0.6) is 0 Å². The molecular weight excluding hydrogens is 651 g/mol. The zero-order valence-electron chi connectivity index (χ0n) is 29.9. The Balaban J connectivity index is 1.07. The van der Waals surface area contributed by atoms with Crippen molar-refractivity contribution in [2.75, 3.05) is 0 Å². The van der Waals surface area contributed by atoms with Crippen molar-refractivity contribution in [1.29, 1.82) is 0 Å². The molecule has 1 heteroatoms. The van der Waals surface area contributed by atoms with Gasteiger partial charge >= 0.3 is 0 Å². The third-order valence-corrected chi connectivity index (χ3v) is 11.4. The Morgan fingerprint density at radius 2 is 0.852 bits per heavy atom. The summed E-state index contributed by atoms with van der Waals surface area (Å²) in [4.78, 5) is 0. The van der Waals surface area contributed by atoms with E-state index in [1.807, 2.05) is 0 Å². The Morgan fingerprint density at radius 3 is 1.59 bits per heavy atom. The molecule has 0 saturated carbocycles. The maximum atomic E-state index is 2.42. The Bertz CT molecular complexity index is 3210. The monoisotopic (exact) mass is 685 g/mol. The van der Waals surface area contributed by atoms with E-state index in [1.54, 1.807) is 0 Å². The van der Waals surface area contributed by atoms with Crippen molar-refractivity contribution >= 4 is 64.9 Å². The third kappa shape index (κ3) is 4.72. The van der Waals surface area contributed by atoms with Gasteiger partial charge in [-0.2, -0.15) is 0 Å².